The molecule has 6 nitrogen and oxygen atoms in total. The molecule has 0 aliphatic carbocycles. The fraction of sp³-hybridized carbons (Fsp3) is 0.500. The Morgan fingerprint density at radius 2 is 2.14 bits per heavy atom. The highest BCUT2D eigenvalue weighted by Gasteiger charge is 2.54. The molecule has 22 heavy (non-hydrogen) atoms. The van der Waals surface area contributed by atoms with E-state index in [2.05, 4.69) is 15.9 Å². The lowest BCUT2D eigenvalue weighted by atomic mass is 9.89. The maximum atomic E-state index is 12.9. The zero-order chi connectivity index (χ0) is 16.1. The molecule has 8 heteroatoms. The number of carbonyl (C=O) groups is 1. The van der Waals surface area contributed by atoms with Gasteiger partial charge >= 0.3 is 5.97 Å². The Morgan fingerprint density at radius 3 is 2.68 bits per heavy atom. The van der Waals surface area contributed by atoms with E-state index >= 15 is 0 Å². The summed E-state index contributed by atoms with van der Waals surface area (Å²) < 4.78 is 32.8. The second-order valence-electron chi connectivity index (χ2n) is 5.61. The van der Waals surface area contributed by atoms with E-state index in [0.29, 0.717) is 23.1 Å². The van der Waals surface area contributed by atoms with Crippen LogP contribution in [0.4, 0.5) is 0 Å². The Balaban J connectivity index is 1.97. The quantitative estimate of drug-likeness (QED) is 0.851. The number of rotatable bonds is 4. The minimum Gasteiger partial charge on any atom is -0.496 e. The highest BCUT2D eigenvalue weighted by atomic mass is 79.9. The molecule has 2 fully saturated rings. The Kier molecular flexibility index (Phi) is 3.94. The molecule has 3 atom stereocenters. The van der Waals surface area contributed by atoms with Crippen LogP contribution >= 0.6 is 15.9 Å². The van der Waals surface area contributed by atoms with Gasteiger partial charge in [0.05, 0.1) is 22.4 Å². The van der Waals surface area contributed by atoms with Crippen molar-refractivity contribution in [3.63, 3.8) is 0 Å². The molecule has 1 aromatic rings. The number of methoxy groups -OCH3 is 1. The van der Waals surface area contributed by atoms with Gasteiger partial charge in [-0.2, -0.15) is 4.31 Å². The van der Waals surface area contributed by atoms with E-state index in [0.717, 1.165) is 6.42 Å². The SMILES string of the molecule is COc1ccc(S(=O)(=O)N2C3CCC2C(C(=O)O)C3)cc1Br. The predicted octanol–water partition coefficient (Wildman–Crippen LogP) is 2.08. The van der Waals surface area contributed by atoms with Crippen molar-refractivity contribution < 1.29 is 23.1 Å². The molecule has 3 unspecified atom stereocenters. The molecular formula is C14H16BrNO5S. The zero-order valence-corrected chi connectivity index (χ0v) is 14.3. The first-order valence-electron chi connectivity index (χ1n) is 6.96. The van der Waals surface area contributed by atoms with Crippen molar-refractivity contribution in [1.82, 2.24) is 4.31 Å². The van der Waals surface area contributed by atoms with E-state index in [1.165, 1.54) is 23.5 Å². The summed E-state index contributed by atoms with van der Waals surface area (Å²) in [4.78, 5) is 11.4. The number of nitrogens with zero attached hydrogens (tertiary/aromatic N) is 1. The number of sulfonamides is 1. The fourth-order valence-electron chi connectivity index (χ4n) is 3.51. The van der Waals surface area contributed by atoms with Crippen LogP contribution in [0.25, 0.3) is 0 Å². The third-order valence-corrected chi connectivity index (χ3v) is 7.08. The summed E-state index contributed by atoms with van der Waals surface area (Å²) in [5.74, 6) is -0.967. The molecule has 1 aromatic carbocycles. The summed E-state index contributed by atoms with van der Waals surface area (Å²) in [5, 5.41) is 9.26. The molecule has 2 heterocycles. The average molecular weight is 390 g/mol. The number of aliphatic carboxylic acids is 1. The molecule has 2 aliphatic heterocycles. The first kappa shape index (κ1) is 15.8. The van der Waals surface area contributed by atoms with Crippen LogP contribution in [0.2, 0.25) is 0 Å². The van der Waals surface area contributed by atoms with E-state index in [4.69, 9.17) is 4.74 Å². The maximum Gasteiger partial charge on any atom is 0.308 e. The average Bonchev–Trinajstić information content (AvgIpc) is 3.05. The molecule has 0 radical (unpaired) electrons. The second kappa shape index (κ2) is 5.50. The largest absolute Gasteiger partial charge is 0.496 e. The molecule has 0 amide bonds. The van der Waals surface area contributed by atoms with Gasteiger partial charge in [0.25, 0.3) is 0 Å². The summed E-state index contributed by atoms with van der Waals surface area (Å²) in [7, 11) is -2.20. The van der Waals surface area contributed by atoms with E-state index in [9.17, 15) is 18.3 Å². The minimum atomic E-state index is -3.70. The molecule has 3 rings (SSSR count). The third kappa shape index (κ3) is 2.33. The Bertz CT molecular complexity index is 720. The van der Waals surface area contributed by atoms with Gasteiger partial charge in [0.15, 0.2) is 0 Å². The standard InChI is InChI=1S/C14H16BrNO5S/c1-21-13-5-3-9(7-11(13)15)22(19,20)16-8-2-4-12(16)10(6-8)14(17)18/h3,5,7-8,10,12H,2,4,6H2,1H3,(H,17,18). The van der Waals surface area contributed by atoms with Crippen molar-refractivity contribution in [2.45, 2.75) is 36.2 Å². The van der Waals surface area contributed by atoms with Crippen molar-refractivity contribution in [2.24, 2.45) is 5.92 Å². The van der Waals surface area contributed by atoms with Crippen molar-refractivity contribution in [2.75, 3.05) is 7.11 Å². The van der Waals surface area contributed by atoms with Crippen LogP contribution in [-0.4, -0.2) is 43.0 Å². The van der Waals surface area contributed by atoms with Gasteiger partial charge in [-0.3, -0.25) is 4.79 Å². The first-order valence-corrected chi connectivity index (χ1v) is 9.19. The van der Waals surface area contributed by atoms with Crippen LogP contribution in [0.5, 0.6) is 5.75 Å². The fourth-order valence-corrected chi connectivity index (χ4v) is 6.14. The molecule has 0 saturated carbocycles. The topological polar surface area (TPSA) is 83.9 Å². The lowest BCUT2D eigenvalue weighted by molar-refractivity contribution is -0.142. The van der Waals surface area contributed by atoms with Crippen LogP contribution < -0.4 is 4.74 Å². The van der Waals surface area contributed by atoms with Gasteiger partial charge in [-0.05, 0) is 53.4 Å². The Hall–Kier alpha value is -1.12. The number of benzene rings is 1. The van der Waals surface area contributed by atoms with Gasteiger partial charge in [-0.25, -0.2) is 8.42 Å². The number of hydrogen-bond acceptors (Lipinski definition) is 4. The lowest BCUT2D eigenvalue weighted by Gasteiger charge is -2.22. The normalized spacial score (nSPS) is 28.0. The van der Waals surface area contributed by atoms with Gasteiger partial charge in [0.1, 0.15) is 5.75 Å². The highest BCUT2D eigenvalue weighted by Crippen LogP contribution is 2.45. The van der Waals surface area contributed by atoms with Gasteiger partial charge in [-0.15, -0.1) is 0 Å². The molecule has 0 spiro atoms. The van der Waals surface area contributed by atoms with Gasteiger partial charge < -0.3 is 9.84 Å². The molecule has 0 aromatic heterocycles. The monoisotopic (exact) mass is 389 g/mol. The maximum absolute atomic E-state index is 12.9. The summed E-state index contributed by atoms with van der Waals surface area (Å²) in [5.41, 5.74) is 0. The molecule has 1 N–H and O–H groups in total. The van der Waals surface area contributed by atoms with Crippen molar-refractivity contribution in [3.8, 4) is 5.75 Å². The number of carboxylic acids is 1. The predicted molar refractivity (Wildman–Crippen MR) is 82.3 cm³/mol. The summed E-state index contributed by atoms with van der Waals surface area (Å²) >= 11 is 3.29. The van der Waals surface area contributed by atoms with E-state index in [1.807, 2.05) is 0 Å². The highest BCUT2D eigenvalue weighted by molar-refractivity contribution is 9.10. The number of hydrogen-bond donors (Lipinski definition) is 1. The molecule has 2 saturated heterocycles. The lowest BCUT2D eigenvalue weighted by Crippen LogP contribution is -2.37. The molecule has 2 aliphatic rings. The number of ether oxygens (including phenoxy) is 1. The third-order valence-electron chi connectivity index (χ3n) is 4.49. The number of fused-ring (bicyclic) bond motifs is 2. The van der Waals surface area contributed by atoms with Crippen LogP contribution in [0.1, 0.15) is 19.3 Å². The Labute approximate surface area is 137 Å². The van der Waals surface area contributed by atoms with E-state index in [-0.39, 0.29) is 10.9 Å². The Morgan fingerprint density at radius 1 is 1.41 bits per heavy atom. The van der Waals surface area contributed by atoms with Gasteiger partial charge in [0.2, 0.25) is 10.0 Å². The molecular weight excluding hydrogens is 374 g/mol. The number of halogens is 1. The van der Waals surface area contributed by atoms with Crippen LogP contribution in [0.15, 0.2) is 27.6 Å². The minimum absolute atomic E-state index is 0.156. The summed E-state index contributed by atoms with van der Waals surface area (Å²) in [6.45, 7) is 0. The van der Waals surface area contributed by atoms with E-state index in [1.54, 1.807) is 6.07 Å². The number of carboxylic acid groups (broad SMARTS) is 1. The van der Waals surface area contributed by atoms with Gasteiger partial charge in [-0.1, -0.05) is 0 Å². The van der Waals surface area contributed by atoms with Crippen LogP contribution in [0.3, 0.4) is 0 Å². The summed E-state index contributed by atoms with van der Waals surface area (Å²) in [6.07, 6.45) is 1.74. The van der Waals surface area contributed by atoms with Crippen molar-refractivity contribution in [1.29, 1.82) is 0 Å². The first-order chi connectivity index (χ1) is 10.4. The zero-order valence-electron chi connectivity index (χ0n) is 11.9. The van der Waals surface area contributed by atoms with Crippen LogP contribution in [0, 0.1) is 5.92 Å². The van der Waals surface area contributed by atoms with Crippen molar-refractivity contribution >= 4 is 31.9 Å². The van der Waals surface area contributed by atoms with Gasteiger partial charge in [0, 0.05) is 12.1 Å². The second-order valence-corrected chi connectivity index (χ2v) is 8.31. The van der Waals surface area contributed by atoms with Crippen LogP contribution in [-0.2, 0) is 14.8 Å². The summed E-state index contributed by atoms with van der Waals surface area (Å²) in [6, 6.07) is 3.93. The molecule has 120 valence electrons. The molecule has 2 bridgehead atoms. The van der Waals surface area contributed by atoms with Crippen molar-refractivity contribution in [3.05, 3.63) is 22.7 Å². The van der Waals surface area contributed by atoms with E-state index < -0.39 is 28.0 Å². The smallest absolute Gasteiger partial charge is 0.308 e.